The van der Waals surface area contributed by atoms with Crippen molar-refractivity contribution in [2.75, 3.05) is 26.4 Å². The van der Waals surface area contributed by atoms with Gasteiger partial charge in [-0.15, -0.1) is 11.3 Å². The lowest BCUT2D eigenvalue weighted by Gasteiger charge is -2.63. The van der Waals surface area contributed by atoms with E-state index in [4.69, 9.17) is 19.5 Å². The van der Waals surface area contributed by atoms with E-state index in [-0.39, 0.29) is 43.9 Å². The molecule has 3 aromatic carbocycles. The number of carbonyl (C=O) groups excluding carboxylic acids is 4. The normalized spacial score (nSPS) is 20.3. The summed E-state index contributed by atoms with van der Waals surface area (Å²) in [4.78, 5) is 60.4. The van der Waals surface area contributed by atoms with Gasteiger partial charge in [0.05, 0.1) is 46.0 Å². The number of rotatable bonds is 18. The van der Waals surface area contributed by atoms with Gasteiger partial charge in [-0.25, -0.2) is 4.98 Å². The van der Waals surface area contributed by atoms with E-state index < -0.39 is 81.8 Å². The largest absolute Gasteiger partial charge is 0.494 e. The average Bonchev–Trinajstić information content (AvgIpc) is 3.92. The lowest BCUT2D eigenvalue weighted by molar-refractivity contribution is -0.164. The van der Waals surface area contributed by atoms with Gasteiger partial charge in [-0.3, -0.25) is 19.2 Å². The van der Waals surface area contributed by atoms with Crippen LogP contribution in [0.4, 0.5) is 13.2 Å². The summed E-state index contributed by atoms with van der Waals surface area (Å²) in [6, 6.07) is 15.9. The van der Waals surface area contributed by atoms with E-state index in [2.05, 4.69) is 20.9 Å². The molecule has 0 bridgehead atoms. The van der Waals surface area contributed by atoms with Crippen LogP contribution in [0.5, 0.6) is 11.5 Å². The molecule has 0 radical (unpaired) electrons. The topological polar surface area (TPSA) is 212 Å². The summed E-state index contributed by atoms with van der Waals surface area (Å²) in [5.41, 5.74) is 0.696. The number of nitrogens with zero attached hydrogens (tertiary/aromatic N) is 3. The lowest BCUT2D eigenvalue weighted by atomic mass is 9.49. The summed E-state index contributed by atoms with van der Waals surface area (Å²) < 4.78 is 58.3. The Morgan fingerprint density at radius 2 is 1.59 bits per heavy atom. The van der Waals surface area contributed by atoms with Crippen LogP contribution in [-0.2, 0) is 25.3 Å². The summed E-state index contributed by atoms with van der Waals surface area (Å²) >= 11 is 1.50. The molecule has 5 N–H and O–H groups in total. The Bertz CT molecular complexity index is 2540. The third kappa shape index (κ3) is 12.3. The first-order chi connectivity index (χ1) is 32.8. The minimum Gasteiger partial charge on any atom is -0.494 e. The third-order valence-corrected chi connectivity index (χ3v) is 13.9. The average molecular weight is 991 g/mol. The third-order valence-electron chi connectivity index (χ3n) is 12.9. The second-order valence-electron chi connectivity index (χ2n) is 20.1. The lowest BCUT2D eigenvalue weighted by Crippen LogP contribution is -2.74. The predicted molar refractivity (Wildman–Crippen MR) is 254 cm³/mol. The van der Waals surface area contributed by atoms with Crippen molar-refractivity contribution in [3.05, 3.63) is 100 Å². The van der Waals surface area contributed by atoms with E-state index in [9.17, 15) is 42.6 Å². The fraction of sp³-hybridized carbons (Fsp3) is 0.490. The van der Waals surface area contributed by atoms with E-state index >= 15 is 0 Å². The van der Waals surface area contributed by atoms with Crippen molar-refractivity contribution in [2.45, 2.75) is 117 Å². The van der Waals surface area contributed by atoms with Gasteiger partial charge in [0, 0.05) is 47.6 Å². The molecule has 1 aliphatic heterocycles. The number of ether oxygens (including phenoxy) is 3. The molecule has 376 valence electrons. The van der Waals surface area contributed by atoms with Gasteiger partial charge >= 0.3 is 6.18 Å². The number of amides is 4. The molecule has 1 saturated heterocycles. The van der Waals surface area contributed by atoms with E-state index in [0.717, 1.165) is 28.3 Å². The highest BCUT2D eigenvalue weighted by molar-refractivity contribution is 7.13. The number of unbranched alkanes of at least 4 members (excludes halogenated alkanes) is 1. The Balaban J connectivity index is 0.912. The minimum absolute atomic E-state index is 0.0194. The smallest absolute Gasteiger partial charge is 0.417 e. The number of nitrogens with one attached hydrogen (secondary N) is 3. The molecule has 19 heteroatoms. The number of hydrogen-bond acceptors (Lipinski definition) is 12. The molecule has 0 spiro atoms. The number of benzene rings is 3. The number of carbonyl (C=O) groups is 4. The molecule has 1 saturated carbocycles. The Morgan fingerprint density at radius 1 is 0.943 bits per heavy atom. The number of aliphatic hydroxyl groups is 2. The van der Waals surface area contributed by atoms with Crippen LogP contribution < -0.4 is 25.4 Å². The predicted octanol–water partition coefficient (Wildman–Crippen LogP) is 7.10. The van der Waals surface area contributed by atoms with Gasteiger partial charge in [0.1, 0.15) is 36.3 Å². The van der Waals surface area contributed by atoms with Crippen LogP contribution in [-0.4, -0.2) is 100 Å². The number of hydrogen-bond donors (Lipinski definition) is 5. The highest BCUT2D eigenvalue weighted by Crippen LogP contribution is 2.56. The fourth-order valence-corrected chi connectivity index (χ4v) is 10.3. The molecular formula is C51H61F3N6O9S. The zero-order chi connectivity index (χ0) is 51.3. The quantitative estimate of drug-likeness (QED) is 0.0501. The van der Waals surface area contributed by atoms with Crippen molar-refractivity contribution in [2.24, 2.45) is 16.2 Å². The van der Waals surface area contributed by atoms with Crippen molar-refractivity contribution >= 4 is 35.0 Å². The van der Waals surface area contributed by atoms with Crippen molar-refractivity contribution < 1.29 is 56.8 Å². The second kappa shape index (κ2) is 21.5. The Labute approximate surface area is 409 Å². The maximum Gasteiger partial charge on any atom is 0.417 e. The first-order valence-electron chi connectivity index (χ1n) is 23.0. The Kier molecular flexibility index (Phi) is 16.4. The van der Waals surface area contributed by atoms with Gasteiger partial charge in [-0.05, 0) is 73.2 Å². The van der Waals surface area contributed by atoms with Crippen molar-refractivity contribution in [1.29, 1.82) is 5.26 Å². The summed E-state index contributed by atoms with van der Waals surface area (Å²) in [6.45, 7) is 14.8. The van der Waals surface area contributed by atoms with Crippen LogP contribution in [0.25, 0.3) is 10.4 Å². The number of halogens is 3. The molecule has 4 aromatic rings. The van der Waals surface area contributed by atoms with Gasteiger partial charge in [0.25, 0.3) is 5.91 Å². The molecular weight excluding hydrogens is 930 g/mol. The molecule has 15 nitrogen and oxygen atoms in total. The number of alkyl halides is 3. The molecule has 1 aromatic heterocycles. The molecule has 70 heavy (non-hydrogen) atoms. The van der Waals surface area contributed by atoms with Crippen molar-refractivity contribution in [1.82, 2.24) is 25.8 Å². The van der Waals surface area contributed by atoms with E-state index in [1.807, 2.05) is 46.8 Å². The molecule has 2 heterocycles. The molecule has 1 unspecified atom stereocenters. The molecule has 2 aliphatic rings. The summed E-state index contributed by atoms with van der Waals surface area (Å²) in [6.07, 6.45) is -6.56. The first-order valence-corrected chi connectivity index (χ1v) is 23.9. The molecule has 4 amide bonds. The van der Waals surface area contributed by atoms with Crippen LogP contribution >= 0.6 is 11.3 Å². The number of nitriles is 1. The fourth-order valence-electron chi connectivity index (χ4n) is 9.48. The standard InChI is InChI=1S/C51H61F3N6O9S/c1-29-40(70-28-56-29)30-11-13-31(14-12-30)42(63)58-44(65)38-23-34(61)26-60(38)45(66)41(48(2,3)4)57-39(62)27-67-21-9-10-22-68-35-18-15-32(16-19-35)43(64)59-46-49(5,6)47(50(46,7)8)69-36-20-17-33(25-55)37(24-36)51(52,53)54/h11-20,24,28,34,38,41-42,46-47,61,63H,9-10,21-23,26-27H2,1-8H3,(H,57,62)(H,58,65)(H,59,64)/t34-,38-,41?,42+,46?,47?/m1/s1. The van der Waals surface area contributed by atoms with E-state index in [1.165, 1.54) is 22.3 Å². The van der Waals surface area contributed by atoms with Gasteiger partial charge in [0.15, 0.2) is 6.23 Å². The van der Waals surface area contributed by atoms with Gasteiger partial charge in [0.2, 0.25) is 17.7 Å². The maximum atomic E-state index is 14.0. The number of aryl methyl sites for hydroxylation is 1. The number of likely N-dealkylation sites (tertiary alicyclic amines) is 1. The minimum atomic E-state index is -4.72. The van der Waals surface area contributed by atoms with Crippen LogP contribution in [0.3, 0.4) is 0 Å². The number of aromatic nitrogens is 1. The summed E-state index contributed by atoms with van der Waals surface area (Å²) in [5.74, 6) is -1.56. The van der Waals surface area contributed by atoms with Crippen LogP contribution in [0.1, 0.15) is 107 Å². The van der Waals surface area contributed by atoms with Crippen LogP contribution in [0.2, 0.25) is 0 Å². The van der Waals surface area contributed by atoms with E-state index in [1.54, 1.807) is 68.7 Å². The van der Waals surface area contributed by atoms with Crippen molar-refractivity contribution in [3.8, 4) is 28.0 Å². The SMILES string of the molecule is Cc1ncsc1-c1ccc([C@H](O)NC(=O)[C@H]2C[C@@H](O)CN2C(=O)C(NC(=O)COCCCCOc2ccc(C(=O)NC3C(C)(C)C(Oc4ccc(C#N)c(C(F)(F)F)c4)C3(C)C)cc2)C(C)(C)C)cc1. The molecule has 4 atom stereocenters. The molecule has 6 rings (SSSR count). The van der Waals surface area contributed by atoms with Gasteiger partial charge in [-0.1, -0.05) is 72.7 Å². The Morgan fingerprint density at radius 3 is 2.19 bits per heavy atom. The van der Waals surface area contributed by atoms with Crippen LogP contribution in [0, 0.1) is 34.5 Å². The maximum absolute atomic E-state index is 14.0. The van der Waals surface area contributed by atoms with E-state index in [0.29, 0.717) is 36.3 Å². The number of thiazole rings is 1. The molecule has 2 fully saturated rings. The summed E-state index contributed by atoms with van der Waals surface area (Å²) in [7, 11) is 0. The number of aliphatic hydroxyl groups excluding tert-OH is 2. The number of β-amino-alcohol motifs (C(OH)–C–C–N with tert-alkyl or cyclic N) is 1. The molecule has 1 aliphatic carbocycles. The highest BCUT2D eigenvalue weighted by atomic mass is 32.1. The van der Waals surface area contributed by atoms with Gasteiger partial charge < -0.3 is 45.3 Å². The van der Waals surface area contributed by atoms with Crippen molar-refractivity contribution in [3.63, 3.8) is 0 Å². The zero-order valence-electron chi connectivity index (χ0n) is 40.5. The zero-order valence-corrected chi connectivity index (χ0v) is 41.3. The first kappa shape index (κ1) is 53.3. The van der Waals surface area contributed by atoms with Crippen LogP contribution in [0.15, 0.2) is 72.2 Å². The van der Waals surface area contributed by atoms with Gasteiger partial charge in [-0.2, -0.15) is 18.4 Å². The monoisotopic (exact) mass is 990 g/mol. The Hall–Kier alpha value is -6.07. The summed E-state index contributed by atoms with van der Waals surface area (Å²) in [5, 5.41) is 39.0. The highest BCUT2D eigenvalue weighted by Gasteiger charge is 2.64. The second-order valence-corrected chi connectivity index (χ2v) is 20.9.